The van der Waals surface area contributed by atoms with Crippen LogP contribution >= 0.6 is 15.9 Å². The molecule has 0 bridgehead atoms. The molecule has 0 aromatic heterocycles. The van der Waals surface area contributed by atoms with E-state index in [2.05, 4.69) is 21.2 Å². The summed E-state index contributed by atoms with van der Waals surface area (Å²) in [6.07, 6.45) is 4.25. The highest BCUT2D eigenvalue weighted by Crippen LogP contribution is 2.22. The molecule has 1 unspecified atom stereocenters. The van der Waals surface area contributed by atoms with E-state index in [0.717, 1.165) is 32.3 Å². The Labute approximate surface area is 131 Å². The minimum absolute atomic E-state index is 0.0982. The number of rotatable bonds is 5. The predicted molar refractivity (Wildman–Crippen MR) is 81.3 cm³/mol. The minimum atomic E-state index is -0.515. The van der Waals surface area contributed by atoms with Crippen molar-refractivity contribution in [1.29, 1.82) is 0 Å². The number of carbonyl (C=O) groups excluding carboxylic acids is 1. The molecule has 1 aromatic rings. The molecular formula is C14H17BrN2O4. The first-order valence-electron chi connectivity index (χ1n) is 6.91. The first-order valence-corrected chi connectivity index (χ1v) is 7.71. The fraction of sp³-hybridized carbons (Fsp3) is 0.500. The van der Waals surface area contributed by atoms with E-state index in [0.29, 0.717) is 11.0 Å². The quantitative estimate of drug-likeness (QED) is 0.649. The normalized spacial score (nSPS) is 18.2. The number of nitrogens with zero attached hydrogens (tertiary/aromatic N) is 1. The van der Waals surface area contributed by atoms with Gasteiger partial charge in [0.2, 0.25) is 0 Å². The topological polar surface area (TPSA) is 81.5 Å². The lowest BCUT2D eigenvalue weighted by molar-refractivity contribution is -0.384. The Morgan fingerprint density at radius 1 is 1.48 bits per heavy atom. The Morgan fingerprint density at radius 2 is 2.29 bits per heavy atom. The first-order chi connectivity index (χ1) is 10.1. The second kappa shape index (κ2) is 7.51. The second-order valence-corrected chi connectivity index (χ2v) is 5.81. The van der Waals surface area contributed by atoms with Crippen LogP contribution in [0.2, 0.25) is 0 Å². The molecule has 2 rings (SSSR count). The van der Waals surface area contributed by atoms with Crippen molar-refractivity contribution >= 4 is 27.5 Å². The molecule has 0 radical (unpaired) electrons. The van der Waals surface area contributed by atoms with Gasteiger partial charge in [0.25, 0.3) is 11.6 Å². The van der Waals surface area contributed by atoms with E-state index in [1.165, 1.54) is 18.2 Å². The molecule has 1 aliphatic rings. The van der Waals surface area contributed by atoms with Gasteiger partial charge >= 0.3 is 0 Å². The Morgan fingerprint density at radius 3 is 2.95 bits per heavy atom. The summed E-state index contributed by atoms with van der Waals surface area (Å²) in [5.74, 6) is -0.318. The maximum Gasteiger partial charge on any atom is 0.270 e. The van der Waals surface area contributed by atoms with Gasteiger partial charge < -0.3 is 10.1 Å². The second-order valence-electron chi connectivity index (χ2n) is 4.95. The average molecular weight is 357 g/mol. The third-order valence-electron chi connectivity index (χ3n) is 3.43. The van der Waals surface area contributed by atoms with E-state index in [-0.39, 0.29) is 23.3 Å². The smallest absolute Gasteiger partial charge is 0.270 e. The summed E-state index contributed by atoms with van der Waals surface area (Å²) in [5, 5.41) is 13.5. The zero-order valence-corrected chi connectivity index (χ0v) is 13.1. The van der Waals surface area contributed by atoms with Crippen molar-refractivity contribution < 1.29 is 14.5 Å². The molecule has 0 aliphatic carbocycles. The van der Waals surface area contributed by atoms with Crippen LogP contribution in [0.4, 0.5) is 5.69 Å². The van der Waals surface area contributed by atoms with Crippen molar-refractivity contribution in [2.75, 3.05) is 13.2 Å². The highest BCUT2D eigenvalue weighted by molar-refractivity contribution is 9.10. The maximum absolute atomic E-state index is 12.1. The summed E-state index contributed by atoms with van der Waals surface area (Å²) in [6.45, 7) is 1.29. The molecule has 1 aromatic carbocycles. The van der Waals surface area contributed by atoms with Gasteiger partial charge in [-0.25, -0.2) is 0 Å². The van der Waals surface area contributed by atoms with Crippen molar-refractivity contribution in [2.24, 2.45) is 0 Å². The van der Waals surface area contributed by atoms with Crippen LogP contribution in [-0.4, -0.2) is 30.1 Å². The number of carbonyl (C=O) groups is 1. The zero-order valence-electron chi connectivity index (χ0n) is 11.5. The predicted octanol–water partition coefficient (Wildman–Crippen LogP) is 3.05. The van der Waals surface area contributed by atoms with Crippen molar-refractivity contribution in [2.45, 2.75) is 31.8 Å². The van der Waals surface area contributed by atoms with Crippen molar-refractivity contribution in [3.05, 3.63) is 38.3 Å². The number of nitro groups is 1. The largest absolute Gasteiger partial charge is 0.378 e. The Kier molecular flexibility index (Phi) is 5.69. The monoisotopic (exact) mass is 356 g/mol. The van der Waals surface area contributed by atoms with Gasteiger partial charge in [0.1, 0.15) is 0 Å². The van der Waals surface area contributed by atoms with E-state index >= 15 is 0 Å². The number of hydrogen-bond donors (Lipinski definition) is 1. The first kappa shape index (κ1) is 15.9. The number of nitro benzene ring substituents is 1. The fourth-order valence-electron chi connectivity index (χ4n) is 2.28. The van der Waals surface area contributed by atoms with Gasteiger partial charge in [-0.05, 0) is 47.7 Å². The molecule has 1 heterocycles. The van der Waals surface area contributed by atoms with Crippen LogP contribution in [0.25, 0.3) is 0 Å². The summed E-state index contributed by atoms with van der Waals surface area (Å²) in [6, 6.07) is 4.14. The third kappa shape index (κ3) is 4.50. The Bertz CT molecular complexity index is 530. The molecule has 7 heteroatoms. The number of non-ortho nitro benzene ring substituents is 1. The van der Waals surface area contributed by atoms with Gasteiger partial charge in [-0.15, -0.1) is 0 Å². The molecule has 1 N–H and O–H groups in total. The third-order valence-corrected chi connectivity index (χ3v) is 4.12. The Balaban J connectivity index is 1.90. The molecule has 114 valence electrons. The van der Waals surface area contributed by atoms with Crippen LogP contribution in [0.15, 0.2) is 22.7 Å². The van der Waals surface area contributed by atoms with Crippen LogP contribution in [0, 0.1) is 10.1 Å². The summed E-state index contributed by atoms with van der Waals surface area (Å²) < 4.78 is 6.13. The summed E-state index contributed by atoms with van der Waals surface area (Å²) in [4.78, 5) is 22.3. The molecule has 0 spiro atoms. The highest BCUT2D eigenvalue weighted by atomic mass is 79.9. The maximum atomic E-state index is 12.1. The van der Waals surface area contributed by atoms with Crippen LogP contribution in [-0.2, 0) is 4.74 Å². The lowest BCUT2D eigenvalue weighted by Crippen LogP contribution is -2.29. The van der Waals surface area contributed by atoms with Crippen molar-refractivity contribution in [3.63, 3.8) is 0 Å². The number of ether oxygens (including phenoxy) is 1. The van der Waals surface area contributed by atoms with Crippen molar-refractivity contribution in [3.8, 4) is 0 Å². The van der Waals surface area contributed by atoms with E-state index in [9.17, 15) is 14.9 Å². The lowest BCUT2D eigenvalue weighted by Gasteiger charge is -2.22. The lowest BCUT2D eigenvalue weighted by atomic mass is 10.1. The van der Waals surface area contributed by atoms with Crippen LogP contribution in [0.3, 0.4) is 0 Å². The molecule has 1 saturated heterocycles. The van der Waals surface area contributed by atoms with Crippen LogP contribution < -0.4 is 5.32 Å². The van der Waals surface area contributed by atoms with Gasteiger partial charge in [-0.2, -0.15) is 0 Å². The van der Waals surface area contributed by atoms with Crippen molar-refractivity contribution in [1.82, 2.24) is 5.32 Å². The standard InChI is InChI=1S/C14H17BrN2O4/c15-13-5-4-10(17(19)20)9-12(13)14(18)16-7-6-11-3-1-2-8-21-11/h4-5,9,11H,1-3,6-8H2,(H,16,18). The summed E-state index contributed by atoms with van der Waals surface area (Å²) >= 11 is 3.24. The van der Waals surface area contributed by atoms with Crippen LogP contribution in [0.5, 0.6) is 0 Å². The SMILES string of the molecule is O=C(NCCC1CCCCO1)c1cc([N+](=O)[O-])ccc1Br. The zero-order chi connectivity index (χ0) is 15.2. The van der Waals surface area contributed by atoms with Gasteiger partial charge in [-0.3, -0.25) is 14.9 Å². The number of halogens is 1. The molecule has 6 nitrogen and oxygen atoms in total. The molecule has 21 heavy (non-hydrogen) atoms. The molecule has 1 amide bonds. The Hall–Kier alpha value is -1.47. The van der Waals surface area contributed by atoms with Gasteiger partial charge in [0.05, 0.1) is 16.6 Å². The summed E-state index contributed by atoms with van der Waals surface area (Å²) in [5.41, 5.74) is 0.174. The summed E-state index contributed by atoms with van der Waals surface area (Å²) in [7, 11) is 0. The molecule has 1 aliphatic heterocycles. The van der Waals surface area contributed by atoms with Gasteiger partial charge in [-0.1, -0.05) is 0 Å². The van der Waals surface area contributed by atoms with E-state index < -0.39 is 4.92 Å². The highest BCUT2D eigenvalue weighted by Gasteiger charge is 2.17. The van der Waals surface area contributed by atoms with Crippen LogP contribution in [0.1, 0.15) is 36.0 Å². The van der Waals surface area contributed by atoms with E-state index in [4.69, 9.17) is 4.74 Å². The number of benzene rings is 1. The molecule has 0 saturated carbocycles. The number of hydrogen-bond acceptors (Lipinski definition) is 4. The molecular weight excluding hydrogens is 340 g/mol. The fourth-order valence-corrected chi connectivity index (χ4v) is 2.70. The average Bonchev–Trinajstić information content (AvgIpc) is 2.48. The molecule has 1 fully saturated rings. The number of nitrogens with one attached hydrogen (secondary N) is 1. The van der Waals surface area contributed by atoms with E-state index in [1.807, 2.05) is 0 Å². The minimum Gasteiger partial charge on any atom is -0.378 e. The van der Waals surface area contributed by atoms with Gasteiger partial charge in [0, 0.05) is 29.8 Å². The van der Waals surface area contributed by atoms with Gasteiger partial charge in [0.15, 0.2) is 0 Å². The van der Waals surface area contributed by atoms with E-state index in [1.54, 1.807) is 0 Å². The number of amides is 1. The molecule has 1 atom stereocenters.